The molecule has 0 aromatic carbocycles. The van der Waals surface area contributed by atoms with Crippen molar-refractivity contribution in [1.29, 1.82) is 0 Å². The average molecular weight is 88.1 g/mol. The molecule has 1 aliphatic carbocycles. The Hall–Kier alpha value is 0.480. The molecule has 0 fully saturated rings. The van der Waals surface area contributed by atoms with Gasteiger partial charge in [0.25, 0.3) is 0 Å². The second kappa shape index (κ2) is 3.66. The van der Waals surface area contributed by atoms with Crippen molar-refractivity contribution in [2.45, 2.75) is 0 Å². The zero-order valence-corrected chi connectivity index (χ0v) is 5.89. The molecule has 6 heavy (non-hydrogen) atoms. The fourth-order valence-corrected chi connectivity index (χ4v) is 0.321. The van der Waals surface area contributed by atoms with Crippen LogP contribution in [-0.2, 0) is 0 Å². The molecule has 0 heterocycles. The van der Waals surface area contributed by atoms with Gasteiger partial charge in [0.1, 0.15) is 0 Å². The van der Waals surface area contributed by atoms with Gasteiger partial charge >= 0.3 is 29.6 Å². The molecule has 1 heteroatoms. The monoisotopic (exact) mass is 88.0 g/mol. The van der Waals surface area contributed by atoms with E-state index in [-0.39, 0.29) is 29.6 Å². The van der Waals surface area contributed by atoms with E-state index >= 15 is 0 Å². The van der Waals surface area contributed by atoms with Crippen LogP contribution in [0.25, 0.3) is 0 Å². The van der Waals surface area contributed by atoms with Crippen molar-refractivity contribution in [3.63, 3.8) is 0 Å². The van der Waals surface area contributed by atoms with Gasteiger partial charge in [-0.15, -0.1) is 0 Å². The molecule has 0 aromatic rings. The largest absolute Gasteiger partial charge is 1.00 e. The molecule has 0 bridgehead atoms. The van der Waals surface area contributed by atoms with Gasteiger partial charge in [-0.2, -0.15) is 0 Å². The normalized spacial score (nSPS) is 14.7. The number of hydrogen-bond acceptors (Lipinski definition) is 0. The van der Waals surface area contributed by atoms with Gasteiger partial charge in [-0.3, -0.25) is 0 Å². The molecule has 0 amide bonds. The van der Waals surface area contributed by atoms with Crippen molar-refractivity contribution < 1.29 is 29.6 Å². The molecule has 0 aliphatic heterocycles. The maximum atomic E-state index is 2.00. The van der Waals surface area contributed by atoms with Crippen LogP contribution in [0.1, 0.15) is 0 Å². The summed E-state index contributed by atoms with van der Waals surface area (Å²) in [5.41, 5.74) is 0. The molecule has 0 atom stereocenters. The van der Waals surface area contributed by atoms with Gasteiger partial charge in [0.05, 0.1) is 0 Å². The Morgan fingerprint density at radius 3 is 1.33 bits per heavy atom. The minimum Gasteiger partial charge on any atom is -0.0767 e. The first-order valence-electron chi connectivity index (χ1n) is 1.67. The molecule has 0 saturated heterocycles. The second-order valence-corrected chi connectivity index (χ2v) is 0.962. The fraction of sp³-hybridized carbons (Fsp3) is 0. The van der Waals surface area contributed by atoms with E-state index in [9.17, 15) is 0 Å². The topological polar surface area (TPSA) is 0 Å². The van der Waals surface area contributed by atoms with Crippen molar-refractivity contribution in [3.05, 3.63) is 30.7 Å². The molecule has 0 spiro atoms. The Kier molecular flexibility index (Phi) is 3.96. The summed E-state index contributed by atoms with van der Waals surface area (Å²) in [4.78, 5) is 0. The Balaban J connectivity index is 0.000000250. The summed E-state index contributed by atoms with van der Waals surface area (Å²) in [6.07, 6.45) is 10.0. The van der Waals surface area contributed by atoms with Crippen LogP contribution in [0.15, 0.2) is 24.3 Å². The Bertz CT molecular complexity index is 62.0. The van der Waals surface area contributed by atoms with Crippen LogP contribution in [0.5, 0.6) is 0 Å². The van der Waals surface area contributed by atoms with Crippen LogP contribution in [0.2, 0.25) is 0 Å². The van der Waals surface area contributed by atoms with Crippen molar-refractivity contribution in [3.8, 4) is 0 Å². The second-order valence-electron chi connectivity index (χ2n) is 0.962. The van der Waals surface area contributed by atoms with E-state index in [0.717, 1.165) is 0 Å². The first kappa shape index (κ1) is 6.48. The predicted molar refractivity (Wildman–Crippen MR) is 22.6 cm³/mol. The minimum atomic E-state index is 0. The fourth-order valence-electron chi connectivity index (χ4n) is 0.321. The first-order valence-corrected chi connectivity index (χ1v) is 1.67. The Morgan fingerprint density at radius 2 is 1.17 bits per heavy atom. The van der Waals surface area contributed by atoms with E-state index in [4.69, 9.17) is 0 Å². The number of allylic oxidation sites excluding steroid dienone is 4. The van der Waals surface area contributed by atoms with Crippen LogP contribution in [0, 0.1) is 6.42 Å². The molecular weight excluding hydrogens is 83.0 g/mol. The van der Waals surface area contributed by atoms with E-state index in [0.29, 0.717) is 0 Å². The van der Waals surface area contributed by atoms with E-state index < -0.39 is 0 Å². The molecule has 0 aromatic heterocycles. The van der Waals surface area contributed by atoms with E-state index in [2.05, 4.69) is 0 Å². The smallest absolute Gasteiger partial charge is 0.0767 e. The summed E-state index contributed by atoms with van der Waals surface area (Å²) in [5.74, 6) is 0. The summed E-state index contributed by atoms with van der Waals surface area (Å²) in [7, 11) is 0. The molecule has 0 saturated carbocycles. The standard InChI is InChI=1S/C5H5.Na/c1-2-4-5-3-1;/h1-5H;/q;+1. The number of rotatable bonds is 0. The summed E-state index contributed by atoms with van der Waals surface area (Å²) in [6, 6.07) is 0. The van der Waals surface area contributed by atoms with Gasteiger partial charge in [0.2, 0.25) is 0 Å². The van der Waals surface area contributed by atoms with E-state index in [1.165, 1.54) is 0 Å². The van der Waals surface area contributed by atoms with Gasteiger partial charge in [0.15, 0.2) is 0 Å². The Morgan fingerprint density at radius 1 is 0.667 bits per heavy atom. The molecule has 0 N–H and O–H groups in total. The SMILES string of the molecule is [CH]1C=CC=C1.[Na+]. The number of hydrogen-bond donors (Lipinski definition) is 0. The maximum Gasteiger partial charge on any atom is 1.00 e. The van der Waals surface area contributed by atoms with Crippen LogP contribution in [0.4, 0.5) is 0 Å². The third-order valence-electron chi connectivity index (χ3n) is 0.556. The van der Waals surface area contributed by atoms with Crippen molar-refractivity contribution >= 4 is 0 Å². The average Bonchev–Trinajstić information content (AvgIpc) is 1.76. The van der Waals surface area contributed by atoms with E-state index in [1.807, 2.05) is 30.7 Å². The molecule has 25 valence electrons. The van der Waals surface area contributed by atoms with Gasteiger partial charge in [0, 0.05) is 6.42 Å². The van der Waals surface area contributed by atoms with Crippen molar-refractivity contribution in [2.24, 2.45) is 0 Å². The zero-order valence-electron chi connectivity index (χ0n) is 3.89. The van der Waals surface area contributed by atoms with Gasteiger partial charge < -0.3 is 0 Å². The molecule has 1 radical (unpaired) electrons. The van der Waals surface area contributed by atoms with Crippen LogP contribution in [0.3, 0.4) is 0 Å². The van der Waals surface area contributed by atoms with Gasteiger partial charge in [-0.1, -0.05) is 24.3 Å². The summed E-state index contributed by atoms with van der Waals surface area (Å²) < 4.78 is 0. The van der Waals surface area contributed by atoms with Crippen LogP contribution in [-0.4, -0.2) is 0 Å². The third kappa shape index (κ3) is 1.81. The third-order valence-corrected chi connectivity index (χ3v) is 0.556. The predicted octanol–water partition coefficient (Wildman–Crippen LogP) is -1.68. The molecule has 0 nitrogen and oxygen atoms in total. The van der Waals surface area contributed by atoms with Crippen LogP contribution >= 0.6 is 0 Å². The summed E-state index contributed by atoms with van der Waals surface area (Å²) in [5, 5.41) is 0. The molecule has 1 aliphatic rings. The van der Waals surface area contributed by atoms with Crippen molar-refractivity contribution in [1.82, 2.24) is 0 Å². The summed E-state index contributed by atoms with van der Waals surface area (Å²) >= 11 is 0. The van der Waals surface area contributed by atoms with Crippen molar-refractivity contribution in [2.75, 3.05) is 0 Å². The molecule has 0 unspecified atom stereocenters. The Labute approximate surface area is 60.2 Å². The summed E-state index contributed by atoms with van der Waals surface area (Å²) in [6.45, 7) is 0. The molecule has 1 rings (SSSR count). The van der Waals surface area contributed by atoms with E-state index in [1.54, 1.807) is 0 Å². The van der Waals surface area contributed by atoms with Gasteiger partial charge in [-0.05, 0) is 0 Å². The first-order chi connectivity index (χ1) is 2.50. The zero-order chi connectivity index (χ0) is 3.54. The van der Waals surface area contributed by atoms with Gasteiger partial charge in [-0.25, -0.2) is 0 Å². The molecular formula is C5H5Na+. The minimum absolute atomic E-state index is 0. The quantitative estimate of drug-likeness (QED) is 0.310. The maximum absolute atomic E-state index is 2.00. The van der Waals surface area contributed by atoms with Crippen LogP contribution < -0.4 is 29.6 Å².